The lowest BCUT2D eigenvalue weighted by Crippen LogP contribution is -2.42. The molecule has 2 atom stereocenters. The van der Waals surface area contributed by atoms with Crippen LogP contribution >= 0.6 is 0 Å². The maximum atomic E-state index is 5.41. The lowest BCUT2D eigenvalue weighted by atomic mass is 10.0. The highest BCUT2D eigenvalue weighted by atomic mass is 16.5. The normalized spacial score (nSPS) is 41.7. The van der Waals surface area contributed by atoms with E-state index in [1.807, 2.05) is 0 Å². The Labute approximate surface area is 62.2 Å². The van der Waals surface area contributed by atoms with E-state index in [1.54, 1.807) is 0 Å². The second-order valence-corrected chi connectivity index (χ2v) is 3.44. The van der Waals surface area contributed by atoms with Crippen molar-refractivity contribution in [1.29, 1.82) is 0 Å². The highest BCUT2D eigenvalue weighted by molar-refractivity contribution is 4.86. The summed E-state index contributed by atoms with van der Waals surface area (Å²) in [6, 6.07) is 0.744. The van der Waals surface area contributed by atoms with Gasteiger partial charge in [0.15, 0.2) is 0 Å². The molecule has 0 aromatic carbocycles. The number of morpholine rings is 1. The molecule has 0 aromatic heterocycles. The third-order valence-corrected chi connectivity index (χ3v) is 2.81. The van der Waals surface area contributed by atoms with Gasteiger partial charge < -0.3 is 4.74 Å². The zero-order valence-corrected chi connectivity index (χ0v) is 6.55. The molecule has 2 aliphatic heterocycles. The van der Waals surface area contributed by atoms with Crippen LogP contribution in [0.3, 0.4) is 0 Å². The van der Waals surface area contributed by atoms with E-state index in [4.69, 9.17) is 4.74 Å². The van der Waals surface area contributed by atoms with E-state index in [2.05, 4.69) is 11.8 Å². The average Bonchev–Trinajstić information content (AvgIpc) is 2.34. The maximum absolute atomic E-state index is 5.41. The van der Waals surface area contributed by atoms with Crippen LogP contribution in [0, 0.1) is 5.92 Å². The fraction of sp³-hybridized carbons (Fsp3) is 1.00. The Kier molecular flexibility index (Phi) is 1.66. The summed E-state index contributed by atoms with van der Waals surface area (Å²) in [5.41, 5.74) is 0. The van der Waals surface area contributed by atoms with Gasteiger partial charge in [0.1, 0.15) is 0 Å². The van der Waals surface area contributed by atoms with Crippen LogP contribution in [-0.2, 0) is 4.74 Å². The van der Waals surface area contributed by atoms with Crippen molar-refractivity contribution in [2.45, 2.75) is 19.4 Å². The van der Waals surface area contributed by atoms with Crippen LogP contribution in [0.15, 0.2) is 0 Å². The fourth-order valence-electron chi connectivity index (χ4n) is 2.02. The standard InChI is InChI=1S/C8H15NO/c1-7-2-3-9-4-5-10-6-8(7)9/h7-8H,2-6H2,1H3. The van der Waals surface area contributed by atoms with Crippen LogP contribution in [0.5, 0.6) is 0 Å². The molecule has 0 amide bonds. The van der Waals surface area contributed by atoms with Crippen LogP contribution in [-0.4, -0.2) is 37.2 Å². The first kappa shape index (κ1) is 6.62. The highest BCUT2D eigenvalue weighted by Crippen LogP contribution is 2.25. The summed E-state index contributed by atoms with van der Waals surface area (Å²) in [6.45, 7) is 6.72. The second kappa shape index (κ2) is 2.51. The van der Waals surface area contributed by atoms with Crippen molar-refractivity contribution in [2.24, 2.45) is 5.92 Å². The van der Waals surface area contributed by atoms with Gasteiger partial charge >= 0.3 is 0 Å². The molecule has 0 saturated carbocycles. The summed E-state index contributed by atoms with van der Waals surface area (Å²) >= 11 is 0. The van der Waals surface area contributed by atoms with E-state index in [1.165, 1.54) is 13.0 Å². The lowest BCUT2D eigenvalue weighted by molar-refractivity contribution is 0.00272. The monoisotopic (exact) mass is 141 g/mol. The third-order valence-electron chi connectivity index (χ3n) is 2.81. The molecule has 0 aromatic rings. The molecule has 10 heavy (non-hydrogen) atoms. The van der Waals surface area contributed by atoms with Gasteiger partial charge in [-0.15, -0.1) is 0 Å². The minimum Gasteiger partial charge on any atom is -0.378 e. The van der Waals surface area contributed by atoms with Crippen molar-refractivity contribution in [3.8, 4) is 0 Å². The molecule has 2 heteroatoms. The van der Waals surface area contributed by atoms with E-state index < -0.39 is 0 Å². The van der Waals surface area contributed by atoms with Gasteiger partial charge in [-0.05, 0) is 18.9 Å². The molecule has 2 heterocycles. The molecule has 2 rings (SSSR count). The Morgan fingerprint density at radius 1 is 1.40 bits per heavy atom. The van der Waals surface area contributed by atoms with Crippen LogP contribution in [0.4, 0.5) is 0 Å². The van der Waals surface area contributed by atoms with Gasteiger partial charge in [0, 0.05) is 12.6 Å². The molecule has 2 fully saturated rings. The third kappa shape index (κ3) is 0.956. The molecule has 2 unspecified atom stereocenters. The summed E-state index contributed by atoms with van der Waals surface area (Å²) in [4.78, 5) is 2.56. The number of hydrogen-bond acceptors (Lipinski definition) is 2. The molecular weight excluding hydrogens is 126 g/mol. The summed E-state index contributed by atoms with van der Waals surface area (Å²) in [5, 5.41) is 0. The Morgan fingerprint density at radius 2 is 2.30 bits per heavy atom. The van der Waals surface area contributed by atoms with Crippen LogP contribution in [0.2, 0.25) is 0 Å². The smallest absolute Gasteiger partial charge is 0.0625 e. The fourth-order valence-corrected chi connectivity index (χ4v) is 2.02. The van der Waals surface area contributed by atoms with E-state index in [9.17, 15) is 0 Å². The molecular formula is C8H15NO. The van der Waals surface area contributed by atoms with Gasteiger partial charge in [0.25, 0.3) is 0 Å². The van der Waals surface area contributed by atoms with Crippen LogP contribution in [0.1, 0.15) is 13.3 Å². The van der Waals surface area contributed by atoms with Crippen molar-refractivity contribution >= 4 is 0 Å². The zero-order chi connectivity index (χ0) is 6.97. The Morgan fingerprint density at radius 3 is 3.10 bits per heavy atom. The number of rotatable bonds is 0. The summed E-state index contributed by atoms with van der Waals surface area (Å²) < 4.78 is 5.41. The molecule has 2 saturated heterocycles. The van der Waals surface area contributed by atoms with Gasteiger partial charge in [-0.1, -0.05) is 6.92 Å². The molecule has 0 bridgehead atoms. The molecule has 2 nitrogen and oxygen atoms in total. The molecule has 0 aliphatic carbocycles. The van der Waals surface area contributed by atoms with Crippen molar-refractivity contribution in [1.82, 2.24) is 4.90 Å². The topological polar surface area (TPSA) is 12.5 Å². The zero-order valence-electron chi connectivity index (χ0n) is 6.55. The minimum absolute atomic E-state index is 0.744. The highest BCUT2D eigenvalue weighted by Gasteiger charge is 2.32. The summed E-state index contributed by atoms with van der Waals surface area (Å²) in [7, 11) is 0. The van der Waals surface area contributed by atoms with Gasteiger partial charge in [0.05, 0.1) is 13.2 Å². The molecule has 0 N–H and O–H groups in total. The van der Waals surface area contributed by atoms with E-state index >= 15 is 0 Å². The van der Waals surface area contributed by atoms with Crippen molar-refractivity contribution in [3.63, 3.8) is 0 Å². The number of ether oxygens (including phenoxy) is 1. The summed E-state index contributed by atoms with van der Waals surface area (Å²) in [5.74, 6) is 0.861. The quantitative estimate of drug-likeness (QED) is 0.493. The van der Waals surface area contributed by atoms with E-state index in [-0.39, 0.29) is 0 Å². The number of nitrogens with zero attached hydrogens (tertiary/aromatic N) is 1. The number of fused-ring (bicyclic) bond motifs is 1. The van der Waals surface area contributed by atoms with Gasteiger partial charge in [-0.25, -0.2) is 0 Å². The first-order valence-corrected chi connectivity index (χ1v) is 4.20. The molecule has 0 spiro atoms. The van der Waals surface area contributed by atoms with Crippen molar-refractivity contribution < 1.29 is 4.74 Å². The van der Waals surface area contributed by atoms with Gasteiger partial charge in [0.2, 0.25) is 0 Å². The summed E-state index contributed by atoms with van der Waals surface area (Å²) in [6.07, 6.45) is 1.37. The SMILES string of the molecule is CC1CCN2CCOCC12. The first-order valence-electron chi connectivity index (χ1n) is 4.20. The molecule has 2 aliphatic rings. The predicted molar refractivity (Wildman–Crippen MR) is 40.0 cm³/mol. The maximum Gasteiger partial charge on any atom is 0.0625 e. The van der Waals surface area contributed by atoms with E-state index in [0.717, 1.165) is 31.7 Å². The van der Waals surface area contributed by atoms with Crippen LogP contribution in [0.25, 0.3) is 0 Å². The van der Waals surface area contributed by atoms with E-state index in [0.29, 0.717) is 0 Å². The average molecular weight is 141 g/mol. The van der Waals surface area contributed by atoms with Crippen molar-refractivity contribution in [3.05, 3.63) is 0 Å². The largest absolute Gasteiger partial charge is 0.378 e. The second-order valence-electron chi connectivity index (χ2n) is 3.44. The Hall–Kier alpha value is -0.0800. The van der Waals surface area contributed by atoms with Gasteiger partial charge in [-0.2, -0.15) is 0 Å². The van der Waals surface area contributed by atoms with Gasteiger partial charge in [-0.3, -0.25) is 4.90 Å². The first-order chi connectivity index (χ1) is 4.88. The lowest BCUT2D eigenvalue weighted by Gasteiger charge is -2.31. The predicted octanol–water partition coefficient (Wildman–Crippen LogP) is 0.727. The van der Waals surface area contributed by atoms with Crippen LogP contribution < -0.4 is 0 Å². The number of hydrogen-bond donors (Lipinski definition) is 0. The molecule has 58 valence electrons. The minimum atomic E-state index is 0.744. The Bertz CT molecular complexity index is 124. The molecule has 0 radical (unpaired) electrons. The Balaban J connectivity index is 2.01. The van der Waals surface area contributed by atoms with Crippen molar-refractivity contribution in [2.75, 3.05) is 26.3 Å².